The number of hydrogen-bond donors (Lipinski definition) is 2. The molecular weight excluding hydrogens is 324 g/mol. The number of nitrogens with one attached hydrogen (secondary N) is 2. The Balaban J connectivity index is 1.93. The third-order valence-electron chi connectivity index (χ3n) is 3.93. The second kappa shape index (κ2) is 6.56. The van der Waals surface area contributed by atoms with Crippen molar-refractivity contribution in [2.75, 3.05) is 6.61 Å². The third kappa shape index (κ3) is 2.99. The van der Waals surface area contributed by atoms with E-state index in [-0.39, 0.29) is 0 Å². The molecule has 4 amide bonds. The summed E-state index contributed by atoms with van der Waals surface area (Å²) in [6, 6.07) is 15.4. The minimum absolute atomic E-state index is 0.290. The summed E-state index contributed by atoms with van der Waals surface area (Å²) in [6.07, 6.45) is 0. The van der Waals surface area contributed by atoms with Crippen molar-refractivity contribution in [2.24, 2.45) is 0 Å². The highest BCUT2D eigenvalue weighted by Gasteiger charge is 2.53. The SMILES string of the molecule is O=C1NC(=O)C(COC(=O)c2ccccc2)(c2ccccc2)C(=O)N1. The molecule has 7 heteroatoms. The standard InChI is InChI=1S/C18H14N2O5/c21-14(12-7-3-1-4-8-12)25-11-18(13-9-5-2-6-10-13)15(22)19-17(24)20-16(18)23/h1-10H,11H2,(H2,19,20,22,23,24). The highest BCUT2D eigenvalue weighted by Crippen LogP contribution is 2.28. The Morgan fingerprint density at radius 2 is 1.36 bits per heavy atom. The summed E-state index contributed by atoms with van der Waals surface area (Å²) in [5, 5.41) is 4.12. The lowest BCUT2D eigenvalue weighted by molar-refractivity contribution is -0.140. The molecule has 25 heavy (non-hydrogen) atoms. The van der Waals surface area contributed by atoms with Crippen molar-refractivity contribution in [3.8, 4) is 0 Å². The van der Waals surface area contributed by atoms with Crippen LogP contribution in [0.3, 0.4) is 0 Å². The van der Waals surface area contributed by atoms with Crippen molar-refractivity contribution in [3.05, 3.63) is 71.8 Å². The first kappa shape index (κ1) is 16.4. The first-order chi connectivity index (χ1) is 12.0. The van der Waals surface area contributed by atoms with Gasteiger partial charge >= 0.3 is 12.0 Å². The second-order valence-electron chi connectivity index (χ2n) is 5.45. The normalized spacial score (nSPS) is 15.9. The van der Waals surface area contributed by atoms with Crippen molar-refractivity contribution < 1.29 is 23.9 Å². The van der Waals surface area contributed by atoms with Crippen LogP contribution in [0.2, 0.25) is 0 Å². The van der Waals surface area contributed by atoms with Gasteiger partial charge in [-0.3, -0.25) is 20.2 Å². The number of carbonyl (C=O) groups is 4. The van der Waals surface area contributed by atoms with Crippen molar-refractivity contribution in [1.29, 1.82) is 0 Å². The molecule has 3 rings (SSSR count). The van der Waals surface area contributed by atoms with Crippen molar-refractivity contribution in [1.82, 2.24) is 10.6 Å². The van der Waals surface area contributed by atoms with Gasteiger partial charge in [0.2, 0.25) is 0 Å². The lowest BCUT2D eigenvalue weighted by Crippen LogP contribution is -2.66. The molecular formula is C18H14N2O5. The fourth-order valence-electron chi connectivity index (χ4n) is 2.58. The summed E-state index contributed by atoms with van der Waals surface area (Å²) in [6.45, 7) is -0.532. The molecule has 0 spiro atoms. The minimum Gasteiger partial charge on any atom is -0.460 e. The molecule has 0 aliphatic carbocycles. The van der Waals surface area contributed by atoms with Crippen LogP contribution in [0.15, 0.2) is 60.7 Å². The molecule has 0 unspecified atom stereocenters. The molecule has 7 nitrogen and oxygen atoms in total. The zero-order valence-electron chi connectivity index (χ0n) is 13.0. The van der Waals surface area contributed by atoms with Gasteiger partial charge in [0.25, 0.3) is 11.8 Å². The van der Waals surface area contributed by atoms with Gasteiger partial charge in [0.1, 0.15) is 6.61 Å². The van der Waals surface area contributed by atoms with Crippen molar-refractivity contribution in [3.63, 3.8) is 0 Å². The van der Waals surface area contributed by atoms with Crippen LogP contribution in [0.4, 0.5) is 4.79 Å². The van der Waals surface area contributed by atoms with Gasteiger partial charge in [-0.05, 0) is 17.7 Å². The Morgan fingerprint density at radius 1 is 0.840 bits per heavy atom. The molecule has 1 aliphatic rings. The number of ether oxygens (including phenoxy) is 1. The van der Waals surface area contributed by atoms with Gasteiger partial charge in [-0.2, -0.15) is 0 Å². The average Bonchev–Trinajstić information content (AvgIpc) is 2.62. The van der Waals surface area contributed by atoms with Gasteiger partial charge in [0, 0.05) is 0 Å². The zero-order chi connectivity index (χ0) is 17.9. The minimum atomic E-state index is -1.83. The van der Waals surface area contributed by atoms with E-state index in [9.17, 15) is 19.2 Å². The summed E-state index contributed by atoms with van der Waals surface area (Å²) in [7, 11) is 0. The summed E-state index contributed by atoms with van der Waals surface area (Å²) < 4.78 is 5.23. The van der Waals surface area contributed by atoms with E-state index in [2.05, 4.69) is 10.6 Å². The molecule has 0 saturated carbocycles. The lowest BCUT2D eigenvalue weighted by atomic mass is 9.78. The summed E-state index contributed by atoms with van der Waals surface area (Å²) in [5.74, 6) is -2.35. The number of hydrogen-bond acceptors (Lipinski definition) is 5. The van der Waals surface area contributed by atoms with Gasteiger partial charge in [-0.25, -0.2) is 9.59 Å². The fourth-order valence-corrected chi connectivity index (χ4v) is 2.58. The summed E-state index contributed by atoms with van der Waals surface area (Å²) in [5.41, 5.74) is -1.23. The quantitative estimate of drug-likeness (QED) is 0.643. The highest BCUT2D eigenvalue weighted by atomic mass is 16.5. The Bertz CT molecular complexity index is 813. The van der Waals surface area contributed by atoms with Crippen LogP contribution in [0.25, 0.3) is 0 Å². The van der Waals surface area contributed by atoms with E-state index in [1.807, 2.05) is 0 Å². The van der Waals surface area contributed by atoms with Crippen LogP contribution in [0.1, 0.15) is 15.9 Å². The molecule has 1 heterocycles. The molecule has 1 aliphatic heterocycles. The Morgan fingerprint density at radius 3 is 1.92 bits per heavy atom. The lowest BCUT2D eigenvalue weighted by Gasteiger charge is -2.33. The molecule has 1 saturated heterocycles. The van der Waals surface area contributed by atoms with E-state index in [4.69, 9.17) is 4.74 Å². The van der Waals surface area contributed by atoms with E-state index < -0.39 is 35.8 Å². The van der Waals surface area contributed by atoms with Gasteiger partial charge < -0.3 is 4.74 Å². The van der Waals surface area contributed by atoms with Crippen LogP contribution in [0.5, 0.6) is 0 Å². The summed E-state index contributed by atoms with van der Waals surface area (Å²) >= 11 is 0. The predicted molar refractivity (Wildman–Crippen MR) is 86.5 cm³/mol. The maximum absolute atomic E-state index is 12.5. The molecule has 2 aromatic carbocycles. The van der Waals surface area contributed by atoms with E-state index >= 15 is 0 Å². The Labute approximate surface area is 143 Å². The van der Waals surface area contributed by atoms with Gasteiger partial charge in [-0.1, -0.05) is 48.5 Å². The molecule has 2 N–H and O–H groups in total. The number of rotatable bonds is 4. The van der Waals surface area contributed by atoms with E-state index in [0.29, 0.717) is 11.1 Å². The van der Waals surface area contributed by atoms with Crippen LogP contribution >= 0.6 is 0 Å². The third-order valence-corrected chi connectivity index (χ3v) is 3.93. The molecule has 0 atom stereocenters. The smallest absolute Gasteiger partial charge is 0.338 e. The number of carbonyl (C=O) groups excluding carboxylic acids is 4. The number of benzene rings is 2. The van der Waals surface area contributed by atoms with E-state index in [0.717, 1.165) is 0 Å². The monoisotopic (exact) mass is 338 g/mol. The van der Waals surface area contributed by atoms with Gasteiger partial charge in [0.15, 0.2) is 5.41 Å². The fraction of sp³-hybridized carbons (Fsp3) is 0.111. The molecule has 0 radical (unpaired) electrons. The molecule has 2 aromatic rings. The highest BCUT2D eigenvalue weighted by molar-refractivity contribution is 6.23. The number of esters is 1. The maximum atomic E-state index is 12.5. The van der Waals surface area contributed by atoms with Crippen molar-refractivity contribution in [2.45, 2.75) is 5.41 Å². The zero-order valence-corrected chi connectivity index (χ0v) is 13.0. The number of barbiturate groups is 1. The molecule has 0 bridgehead atoms. The van der Waals surface area contributed by atoms with E-state index in [1.54, 1.807) is 60.7 Å². The largest absolute Gasteiger partial charge is 0.460 e. The van der Waals surface area contributed by atoms with Crippen molar-refractivity contribution >= 4 is 23.8 Å². The topological polar surface area (TPSA) is 102 Å². The van der Waals surface area contributed by atoms with Crippen LogP contribution in [-0.2, 0) is 19.7 Å². The van der Waals surface area contributed by atoms with Gasteiger partial charge in [0.05, 0.1) is 5.56 Å². The first-order valence-corrected chi connectivity index (χ1v) is 7.48. The maximum Gasteiger partial charge on any atom is 0.338 e. The van der Waals surface area contributed by atoms with Crippen LogP contribution in [0, 0.1) is 0 Å². The summed E-state index contributed by atoms with van der Waals surface area (Å²) in [4.78, 5) is 48.6. The first-order valence-electron chi connectivity index (χ1n) is 7.48. The molecule has 126 valence electrons. The predicted octanol–water partition coefficient (Wildman–Crippen LogP) is 1.15. The molecule has 0 aromatic heterocycles. The average molecular weight is 338 g/mol. The van der Waals surface area contributed by atoms with E-state index in [1.165, 1.54) is 0 Å². The van der Waals surface area contributed by atoms with Crippen LogP contribution < -0.4 is 10.6 Å². The Kier molecular flexibility index (Phi) is 4.30. The number of urea groups is 1. The second-order valence-corrected chi connectivity index (χ2v) is 5.45. The number of amides is 4. The Hall–Kier alpha value is -3.48. The van der Waals surface area contributed by atoms with Gasteiger partial charge in [-0.15, -0.1) is 0 Å². The molecule has 1 fully saturated rings. The number of imide groups is 2. The van der Waals surface area contributed by atoms with Crippen LogP contribution in [-0.4, -0.2) is 30.4 Å².